The number of benzene rings is 1. The number of hydrogen-bond acceptors (Lipinski definition) is 4. The molecule has 2 heterocycles. The number of carbonyl (C=O) groups excluding carboxylic acids is 1. The maximum Gasteiger partial charge on any atom is 0.256 e. The van der Waals surface area contributed by atoms with E-state index < -0.39 is 15.8 Å². The number of rotatable bonds is 4. The van der Waals surface area contributed by atoms with Crippen LogP contribution in [-0.4, -0.2) is 50.9 Å². The Labute approximate surface area is 147 Å². The van der Waals surface area contributed by atoms with Crippen molar-refractivity contribution in [3.05, 3.63) is 29.6 Å². The van der Waals surface area contributed by atoms with Crippen molar-refractivity contribution in [1.29, 1.82) is 0 Å². The predicted octanol–water partition coefficient (Wildman–Crippen LogP) is 1.48. The maximum atomic E-state index is 14.4. The minimum Gasteiger partial charge on any atom is -0.339 e. The van der Waals surface area contributed by atoms with Crippen LogP contribution >= 0.6 is 0 Å². The largest absolute Gasteiger partial charge is 0.339 e. The van der Waals surface area contributed by atoms with Crippen LogP contribution in [0.4, 0.5) is 4.39 Å². The SMILES string of the molecule is CC1NCCCC1NS(=O)(=O)c1ccc(C(=O)N2CCCC2)c(F)c1. The first-order valence-corrected chi connectivity index (χ1v) is 10.2. The maximum absolute atomic E-state index is 14.4. The molecule has 0 spiro atoms. The van der Waals surface area contributed by atoms with Crippen molar-refractivity contribution in [3.63, 3.8) is 0 Å². The molecule has 1 aromatic carbocycles. The molecule has 0 bridgehead atoms. The minimum absolute atomic E-state index is 0.0180. The third-order valence-corrected chi connectivity index (χ3v) is 6.43. The number of nitrogens with zero attached hydrogens (tertiary/aromatic N) is 1. The van der Waals surface area contributed by atoms with Crippen LogP contribution in [-0.2, 0) is 10.0 Å². The van der Waals surface area contributed by atoms with E-state index in [1.165, 1.54) is 12.1 Å². The third kappa shape index (κ3) is 4.02. The molecular formula is C17H24FN3O3S. The second kappa shape index (κ2) is 7.39. The number of nitrogens with one attached hydrogen (secondary N) is 2. The fourth-order valence-corrected chi connectivity index (χ4v) is 4.76. The zero-order valence-electron chi connectivity index (χ0n) is 14.3. The summed E-state index contributed by atoms with van der Waals surface area (Å²) in [6.07, 6.45) is 3.45. The molecule has 0 radical (unpaired) electrons. The average Bonchev–Trinajstić information content (AvgIpc) is 3.10. The van der Waals surface area contributed by atoms with Gasteiger partial charge in [0.1, 0.15) is 5.82 Å². The Morgan fingerprint density at radius 3 is 2.64 bits per heavy atom. The van der Waals surface area contributed by atoms with Gasteiger partial charge in [-0.1, -0.05) is 0 Å². The van der Waals surface area contributed by atoms with Crippen molar-refractivity contribution in [2.45, 2.75) is 49.6 Å². The molecule has 0 aromatic heterocycles. The molecule has 2 unspecified atom stereocenters. The van der Waals surface area contributed by atoms with Crippen LogP contribution in [0.1, 0.15) is 43.0 Å². The molecule has 3 rings (SSSR count). The van der Waals surface area contributed by atoms with Crippen molar-refractivity contribution < 1.29 is 17.6 Å². The molecule has 2 N–H and O–H groups in total. The van der Waals surface area contributed by atoms with Crippen LogP contribution in [0.2, 0.25) is 0 Å². The first-order valence-electron chi connectivity index (χ1n) is 8.73. The quantitative estimate of drug-likeness (QED) is 0.843. The zero-order valence-corrected chi connectivity index (χ0v) is 15.1. The number of carbonyl (C=O) groups is 1. The van der Waals surface area contributed by atoms with Gasteiger partial charge in [0.05, 0.1) is 10.5 Å². The van der Waals surface area contributed by atoms with Gasteiger partial charge in [-0.3, -0.25) is 4.79 Å². The van der Waals surface area contributed by atoms with Crippen molar-refractivity contribution >= 4 is 15.9 Å². The Morgan fingerprint density at radius 2 is 2.00 bits per heavy atom. The van der Waals surface area contributed by atoms with Crippen molar-refractivity contribution in [3.8, 4) is 0 Å². The van der Waals surface area contributed by atoms with Crippen molar-refractivity contribution in [1.82, 2.24) is 14.9 Å². The highest BCUT2D eigenvalue weighted by atomic mass is 32.2. The molecule has 8 heteroatoms. The second-order valence-electron chi connectivity index (χ2n) is 6.75. The van der Waals surface area contributed by atoms with Gasteiger partial charge in [-0.25, -0.2) is 17.5 Å². The van der Waals surface area contributed by atoms with E-state index in [0.29, 0.717) is 13.1 Å². The van der Waals surface area contributed by atoms with Crippen molar-refractivity contribution in [2.75, 3.05) is 19.6 Å². The molecule has 2 fully saturated rings. The van der Waals surface area contributed by atoms with Crippen LogP contribution in [0.15, 0.2) is 23.1 Å². The predicted molar refractivity (Wildman–Crippen MR) is 92.3 cm³/mol. The summed E-state index contributed by atoms with van der Waals surface area (Å²) in [6.45, 7) is 4.02. The normalized spacial score (nSPS) is 24.5. The van der Waals surface area contributed by atoms with Crippen LogP contribution in [0.3, 0.4) is 0 Å². The molecule has 1 amide bonds. The lowest BCUT2D eigenvalue weighted by Crippen LogP contribution is -2.51. The van der Waals surface area contributed by atoms with Gasteiger partial charge in [0.25, 0.3) is 5.91 Å². The summed E-state index contributed by atoms with van der Waals surface area (Å²) < 4.78 is 42.1. The summed E-state index contributed by atoms with van der Waals surface area (Å²) >= 11 is 0. The van der Waals surface area contributed by atoms with E-state index >= 15 is 0 Å². The highest BCUT2D eigenvalue weighted by Gasteiger charge is 2.28. The van der Waals surface area contributed by atoms with Gasteiger partial charge in [-0.05, 0) is 57.4 Å². The molecule has 1 aromatic rings. The van der Waals surface area contributed by atoms with Gasteiger partial charge in [-0.2, -0.15) is 0 Å². The van der Waals surface area contributed by atoms with E-state index in [1.54, 1.807) is 4.90 Å². The fraction of sp³-hybridized carbons (Fsp3) is 0.588. The first kappa shape index (κ1) is 18.3. The highest BCUT2D eigenvalue weighted by Crippen LogP contribution is 2.20. The lowest BCUT2D eigenvalue weighted by atomic mass is 10.0. The van der Waals surface area contributed by atoms with E-state index in [2.05, 4.69) is 10.0 Å². The van der Waals surface area contributed by atoms with Crippen LogP contribution < -0.4 is 10.0 Å². The monoisotopic (exact) mass is 369 g/mol. The molecule has 0 saturated carbocycles. The summed E-state index contributed by atoms with van der Waals surface area (Å²) in [7, 11) is -3.83. The van der Waals surface area contributed by atoms with E-state index in [1.807, 2.05) is 6.92 Å². The number of halogens is 1. The highest BCUT2D eigenvalue weighted by molar-refractivity contribution is 7.89. The Morgan fingerprint density at radius 1 is 1.28 bits per heavy atom. The van der Waals surface area contributed by atoms with E-state index in [-0.39, 0.29) is 28.4 Å². The molecular weight excluding hydrogens is 345 g/mol. The Hall–Kier alpha value is -1.51. The van der Waals surface area contributed by atoms with Crippen LogP contribution in [0.5, 0.6) is 0 Å². The summed E-state index contributed by atoms with van der Waals surface area (Å²) in [5, 5.41) is 3.22. The van der Waals surface area contributed by atoms with E-state index in [9.17, 15) is 17.6 Å². The molecule has 2 saturated heterocycles. The number of amides is 1. The summed E-state index contributed by atoms with van der Waals surface area (Å²) in [5.74, 6) is -1.17. The Kier molecular flexibility index (Phi) is 5.41. The van der Waals surface area contributed by atoms with E-state index in [4.69, 9.17) is 0 Å². The topological polar surface area (TPSA) is 78.5 Å². The molecule has 2 atom stereocenters. The number of sulfonamides is 1. The third-order valence-electron chi connectivity index (χ3n) is 4.94. The smallest absolute Gasteiger partial charge is 0.256 e. The van der Waals surface area contributed by atoms with Gasteiger partial charge in [0.2, 0.25) is 10.0 Å². The fourth-order valence-electron chi connectivity index (χ4n) is 3.40. The summed E-state index contributed by atoms with van der Waals surface area (Å²) in [4.78, 5) is 13.7. The number of likely N-dealkylation sites (tertiary alicyclic amines) is 1. The Balaban J connectivity index is 1.78. The minimum atomic E-state index is -3.83. The van der Waals surface area contributed by atoms with Crippen molar-refractivity contribution in [2.24, 2.45) is 0 Å². The van der Waals surface area contributed by atoms with Crippen LogP contribution in [0.25, 0.3) is 0 Å². The molecule has 25 heavy (non-hydrogen) atoms. The number of hydrogen-bond donors (Lipinski definition) is 2. The molecule has 2 aliphatic rings. The van der Waals surface area contributed by atoms with Gasteiger partial charge >= 0.3 is 0 Å². The first-order chi connectivity index (χ1) is 11.9. The van der Waals surface area contributed by atoms with Gasteiger partial charge < -0.3 is 10.2 Å². The summed E-state index contributed by atoms with van der Waals surface area (Å²) in [6, 6.07) is 3.30. The lowest BCUT2D eigenvalue weighted by Gasteiger charge is -2.30. The summed E-state index contributed by atoms with van der Waals surface area (Å²) in [5.41, 5.74) is -0.0754. The number of piperidine rings is 1. The van der Waals surface area contributed by atoms with Crippen LogP contribution in [0, 0.1) is 5.82 Å². The lowest BCUT2D eigenvalue weighted by molar-refractivity contribution is 0.0788. The molecule has 0 aliphatic carbocycles. The van der Waals surface area contributed by atoms with Gasteiger partial charge in [0.15, 0.2) is 0 Å². The van der Waals surface area contributed by atoms with Gasteiger partial charge in [0, 0.05) is 25.2 Å². The van der Waals surface area contributed by atoms with E-state index in [0.717, 1.165) is 38.3 Å². The molecule has 6 nitrogen and oxygen atoms in total. The second-order valence-corrected chi connectivity index (χ2v) is 8.47. The van der Waals surface area contributed by atoms with Gasteiger partial charge in [-0.15, -0.1) is 0 Å². The zero-order chi connectivity index (χ0) is 18.0. The average molecular weight is 369 g/mol. The molecule has 138 valence electrons. The molecule has 2 aliphatic heterocycles. The Bertz CT molecular complexity index is 748. The standard InChI is InChI=1S/C17H24FN3O3S/c1-12-16(5-4-8-19-12)20-25(23,24)13-6-7-14(15(18)11-13)17(22)21-9-2-3-10-21/h6-7,11-12,16,19-20H,2-5,8-10H2,1H3.